The van der Waals surface area contributed by atoms with Crippen LogP contribution in [0, 0.1) is 0 Å². The molecule has 0 bridgehead atoms. The largest absolute Gasteiger partial charge is 0.322 e. The van der Waals surface area contributed by atoms with Crippen molar-refractivity contribution in [2.45, 2.75) is 0 Å². The first-order chi connectivity index (χ1) is 9.31. The first-order valence-electron chi connectivity index (χ1n) is 5.72. The molecule has 0 saturated heterocycles. The Kier molecular flexibility index (Phi) is 4.35. The van der Waals surface area contributed by atoms with Crippen molar-refractivity contribution in [2.24, 2.45) is 0 Å². The maximum Gasteiger partial charge on any atom is 0.238 e. The highest BCUT2D eigenvalue weighted by Gasteiger charge is 2.09. The molecule has 0 radical (unpaired) electrons. The number of carbonyl (C=O) groups excluding carboxylic acids is 1. The summed E-state index contributed by atoms with van der Waals surface area (Å²) in [6.07, 6.45) is 6.25. The van der Waals surface area contributed by atoms with Crippen LogP contribution in [0.4, 0.5) is 5.69 Å². The lowest BCUT2D eigenvalue weighted by Gasteiger charge is -2.09. The predicted octanol–water partition coefficient (Wildman–Crippen LogP) is 0.376. The van der Waals surface area contributed by atoms with E-state index < -0.39 is 0 Å². The lowest BCUT2D eigenvalue weighted by atomic mass is 10.3. The maximum absolute atomic E-state index is 11.7. The average molecular weight is 258 g/mol. The van der Waals surface area contributed by atoms with Crippen molar-refractivity contribution < 1.29 is 4.79 Å². The molecular weight excluding hydrogens is 244 g/mol. The van der Waals surface area contributed by atoms with Gasteiger partial charge in [0.05, 0.1) is 12.2 Å². The Morgan fingerprint density at radius 1 is 1.53 bits per heavy atom. The van der Waals surface area contributed by atoms with Crippen molar-refractivity contribution in [1.29, 1.82) is 0 Å². The summed E-state index contributed by atoms with van der Waals surface area (Å²) in [5.41, 5.74) is 0.582. The van der Waals surface area contributed by atoms with E-state index in [1.165, 1.54) is 17.3 Å². The lowest BCUT2D eigenvalue weighted by Crippen LogP contribution is -2.28. The molecule has 0 atom stereocenters. The molecule has 0 unspecified atom stereocenters. The molecule has 2 rings (SSSR count). The number of amides is 1. The van der Waals surface area contributed by atoms with Crippen LogP contribution in [-0.2, 0) is 4.79 Å². The number of pyridine rings is 1. The highest BCUT2D eigenvalue weighted by atomic mass is 16.1. The molecule has 7 heteroatoms. The Labute approximate surface area is 110 Å². The molecule has 1 amide bonds. The SMILES string of the molecule is C=CCNCC(=O)Nc1cccnc1-n1cncn1. The summed E-state index contributed by atoms with van der Waals surface area (Å²) in [5.74, 6) is 0.369. The molecule has 2 aromatic heterocycles. The van der Waals surface area contributed by atoms with Gasteiger partial charge in [0.15, 0.2) is 5.82 Å². The van der Waals surface area contributed by atoms with Crippen LogP contribution in [0.1, 0.15) is 0 Å². The summed E-state index contributed by atoms with van der Waals surface area (Å²) in [6.45, 7) is 4.35. The highest BCUT2D eigenvalue weighted by Crippen LogP contribution is 2.15. The van der Waals surface area contributed by atoms with E-state index in [0.717, 1.165) is 0 Å². The van der Waals surface area contributed by atoms with Crippen LogP contribution in [0.5, 0.6) is 0 Å². The Balaban J connectivity index is 2.08. The van der Waals surface area contributed by atoms with Gasteiger partial charge in [0, 0.05) is 12.7 Å². The van der Waals surface area contributed by atoms with Crippen LogP contribution in [0.2, 0.25) is 0 Å². The van der Waals surface area contributed by atoms with E-state index in [-0.39, 0.29) is 12.5 Å². The molecule has 0 fully saturated rings. The minimum Gasteiger partial charge on any atom is -0.322 e. The van der Waals surface area contributed by atoms with Gasteiger partial charge in [-0.3, -0.25) is 4.79 Å². The smallest absolute Gasteiger partial charge is 0.238 e. The molecule has 19 heavy (non-hydrogen) atoms. The number of hydrogen-bond acceptors (Lipinski definition) is 5. The van der Waals surface area contributed by atoms with Crippen molar-refractivity contribution >= 4 is 11.6 Å². The number of hydrogen-bond donors (Lipinski definition) is 2. The van der Waals surface area contributed by atoms with Crippen molar-refractivity contribution in [3.63, 3.8) is 0 Å². The second-order valence-electron chi connectivity index (χ2n) is 3.68. The van der Waals surface area contributed by atoms with E-state index in [0.29, 0.717) is 18.1 Å². The van der Waals surface area contributed by atoms with Gasteiger partial charge in [0.2, 0.25) is 5.91 Å². The molecule has 2 N–H and O–H groups in total. The molecule has 0 aliphatic rings. The van der Waals surface area contributed by atoms with Gasteiger partial charge in [-0.2, -0.15) is 5.10 Å². The summed E-state index contributed by atoms with van der Waals surface area (Å²) < 4.78 is 1.49. The fourth-order valence-electron chi connectivity index (χ4n) is 1.48. The zero-order valence-electron chi connectivity index (χ0n) is 10.3. The van der Waals surface area contributed by atoms with Crippen molar-refractivity contribution in [1.82, 2.24) is 25.1 Å². The van der Waals surface area contributed by atoms with E-state index >= 15 is 0 Å². The normalized spacial score (nSPS) is 10.1. The Morgan fingerprint density at radius 2 is 2.42 bits per heavy atom. The number of rotatable bonds is 6. The average Bonchev–Trinajstić information content (AvgIpc) is 2.93. The molecule has 2 heterocycles. The maximum atomic E-state index is 11.7. The number of nitrogens with one attached hydrogen (secondary N) is 2. The Morgan fingerprint density at radius 3 is 3.16 bits per heavy atom. The Hall–Kier alpha value is -2.54. The molecule has 2 aromatic rings. The Bertz CT molecular complexity index is 551. The molecule has 7 nitrogen and oxygen atoms in total. The quantitative estimate of drug-likeness (QED) is 0.578. The summed E-state index contributed by atoms with van der Waals surface area (Å²) in [6, 6.07) is 3.50. The van der Waals surface area contributed by atoms with Gasteiger partial charge in [-0.05, 0) is 12.1 Å². The summed E-state index contributed by atoms with van der Waals surface area (Å²) in [7, 11) is 0. The summed E-state index contributed by atoms with van der Waals surface area (Å²) in [5, 5.41) is 9.69. The van der Waals surface area contributed by atoms with Crippen LogP contribution in [0.15, 0.2) is 43.6 Å². The standard InChI is InChI=1S/C12H14N6O/c1-2-5-13-7-11(19)17-10-4-3-6-15-12(10)18-9-14-8-16-18/h2-4,6,8-9,13H,1,5,7H2,(H,17,19). The van der Waals surface area contributed by atoms with Crippen LogP contribution in [0.3, 0.4) is 0 Å². The fourth-order valence-corrected chi connectivity index (χ4v) is 1.48. The van der Waals surface area contributed by atoms with Gasteiger partial charge in [0.25, 0.3) is 0 Å². The van der Waals surface area contributed by atoms with Gasteiger partial charge in [-0.1, -0.05) is 6.08 Å². The molecule has 0 aromatic carbocycles. The molecule has 98 valence electrons. The zero-order valence-corrected chi connectivity index (χ0v) is 10.3. The minimum atomic E-state index is -0.156. The van der Waals surface area contributed by atoms with E-state index in [4.69, 9.17) is 0 Å². The predicted molar refractivity (Wildman–Crippen MR) is 70.9 cm³/mol. The number of anilines is 1. The number of aromatic nitrogens is 4. The van der Waals surface area contributed by atoms with Gasteiger partial charge in [-0.25, -0.2) is 14.6 Å². The minimum absolute atomic E-state index is 0.156. The zero-order chi connectivity index (χ0) is 13.5. The topological polar surface area (TPSA) is 84.7 Å². The first kappa shape index (κ1) is 12.9. The van der Waals surface area contributed by atoms with Crippen molar-refractivity contribution in [2.75, 3.05) is 18.4 Å². The van der Waals surface area contributed by atoms with E-state index in [1.54, 1.807) is 24.4 Å². The second kappa shape index (κ2) is 6.41. The number of carbonyl (C=O) groups is 1. The monoisotopic (exact) mass is 258 g/mol. The van der Waals surface area contributed by atoms with Gasteiger partial charge < -0.3 is 10.6 Å². The van der Waals surface area contributed by atoms with Crippen molar-refractivity contribution in [3.05, 3.63) is 43.6 Å². The molecule has 0 spiro atoms. The third kappa shape index (κ3) is 3.46. The molecule has 0 saturated carbocycles. The van der Waals surface area contributed by atoms with E-state index in [9.17, 15) is 4.79 Å². The fraction of sp³-hybridized carbons (Fsp3) is 0.167. The van der Waals surface area contributed by atoms with Gasteiger partial charge in [-0.15, -0.1) is 6.58 Å². The molecule has 0 aliphatic carbocycles. The van der Waals surface area contributed by atoms with Crippen LogP contribution in [0.25, 0.3) is 5.82 Å². The highest BCUT2D eigenvalue weighted by molar-refractivity contribution is 5.93. The summed E-state index contributed by atoms with van der Waals surface area (Å²) in [4.78, 5) is 19.8. The lowest BCUT2D eigenvalue weighted by molar-refractivity contribution is -0.115. The third-order valence-corrected chi connectivity index (χ3v) is 2.27. The van der Waals surface area contributed by atoms with Crippen LogP contribution < -0.4 is 10.6 Å². The van der Waals surface area contributed by atoms with E-state index in [1.807, 2.05) is 0 Å². The summed E-state index contributed by atoms with van der Waals surface area (Å²) >= 11 is 0. The first-order valence-corrected chi connectivity index (χ1v) is 5.72. The molecular formula is C12H14N6O. The van der Waals surface area contributed by atoms with E-state index in [2.05, 4.69) is 32.3 Å². The second-order valence-corrected chi connectivity index (χ2v) is 3.68. The van der Waals surface area contributed by atoms with Crippen molar-refractivity contribution in [3.8, 4) is 5.82 Å². The van der Waals surface area contributed by atoms with Gasteiger partial charge >= 0.3 is 0 Å². The van der Waals surface area contributed by atoms with Crippen LogP contribution >= 0.6 is 0 Å². The number of nitrogens with zero attached hydrogens (tertiary/aromatic N) is 4. The van der Waals surface area contributed by atoms with Gasteiger partial charge in [0.1, 0.15) is 12.7 Å². The third-order valence-electron chi connectivity index (χ3n) is 2.27. The molecule has 0 aliphatic heterocycles. The van der Waals surface area contributed by atoms with Crippen LogP contribution in [-0.4, -0.2) is 38.7 Å².